The van der Waals surface area contributed by atoms with Gasteiger partial charge in [0.2, 0.25) is 0 Å². The molecule has 0 radical (unpaired) electrons. The summed E-state index contributed by atoms with van der Waals surface area (Å²) >= 11 is 6.80. The molecule has 2 nitrogen and oxygen atoms in total. The fourth-order valence-electron chi connectivity index (χ4n) is 0.948. The number of aliphatic hydroxyl groups excluding tert-OH is 1. The van der Waals surface area contributed by atoms with Crippen molar-refractivity contribution in [2.45, 2.75) is 3.74 Å². The van der Waals surface area contributed by atoms with Gasteiger partial charge in [0, 0.05) is 5.56 Å². The summed E-state index contributed by atoms with van der Waals surface area (Å²) < 4.78 is 5.42. The van der Waals surface area contributed by atoms with Crippen molar-refractivity contribution in [2.24, 2.45) is 0 Å². The molecule has 0 heterocycles. The third-order valence-corrected chi connectivity index (χ3v) is 2.49. The van der Waals surface area contributed by atoms with Crippen LogP contribution in [0.3, 0.4) is 0 Å². The SMILES string of the molecule is OCCOc1ccccc1C(Br)Br. The van der Waals surface area contributed by atoms with E-state index >= 15 is 0 Å². The van der Waals surface area contributed by atoms with Gasteiger partial charge in [-0.25, -0.2) is 0 Å². The molecule has 0 aromatic heterocycles. The van der Waals surface area contributed by atoms with Crippen LogP contribution in [0.15, 0.2) is 24.3 Å². The standard InChI is InChI=1S/C9H10Br2O2/c10-9(11)7-3-1-2-4-8(7)13-6-5-12/h1-4,9,12H,5-6H2. The van der Waals surface area contributed by atoms with Crippen LogP contribution in [0.2, 0.25) is 0 Å². The molecule has 0 unspecified atom stereocenters. The second-order valence-electron chi connectivity index (χ2n) is 2.41. The number of alkyl halides is 2. The Kier molecular flexibility index (Phi) is 4.77. The highest BCUT2D eigenvalue weighted by Gasteiger charge is 2.08. The molecule has 0 bridgehead atoms. The number of benzene rings is 1. The van der Waals surface area contributed by atoms with Gasteiger partial charge in [0.25, 0.3) is 0 Å². The summed E-state index contributed by atoms with van der Waals surface area (Å²) in [5.41, 5.74) is 1.02. The van der Waals surface area contributed by atoms with Crippen LogP contribution in [0, 0.1) is 0 Å². The van der Waals surface area contributed by atoms with Crippen LogP contribution >= 0.6 is 31.9 Å². The molecule has 1 N–H and O–H groups in total. The van der Waals surface area contributed by atoms with E-state index in [2.05, 4.69) is 31.9 Å². The molecule has 0 spiro atoms. The van der Waals surface area contributed by atoms with Crippen molar-refractivity contribution in [1.29, 1.82) is 0 Å². The normalized spacial score (nSPS) is 10.5. The van der Waals surface area contributed by atoms with Crippen LogP contribution in [0.4, 0.5) is 0 Å². The Balaban J connectivity index is 2.78. The van der Waals surface area contributed by atoms with Gasteiger partial charge in [0.1, 0.15) is 12.4 Å². The van der Waals surface area contributed by atoms with E-state index in [1.54, 1.807) is 0 Å². The van der Waals surface area contributed by atoms with Gasteiger partial charge < -0.3 is 9.84 Å². The van der Waals surface area contributed by atoms with Crippen LogP contribution < -0.4 is 4.74 Å². The van der Waals surface area contributed by atoms with Gasteiger partial charge in [-0.1, -0.05) is 50.1 Å². The van der Waals surface area contributed by atoms with E-state index in [9.17, 15) is 0 Å². The Bertz CT molecular complexity index is 264. The number of para-hydroxylation sites is 1. The zero-order valence-electron chi connectivity index (χ0n) is 6.91. The quantitative estimate of drug-likeness (QED) is 0.867. The molecule has 13 heavy (non-hydrogen) atoms. The van der Waals surface area contributed by atoms with Gasteiger partial charge in [-0.2, -0.15) is 0 Å². The Morgan fingerprint density at radius 3 is 2.62 bits per heavy atom. The highest BCUT2D eigenvalue weighted by Crippen LogP contribution is 2.35. The lowest BCUT2D eigenvalue weighted by molar-refractivity contribution is 0.200. The number of aliphatic hydroxyl groups is 1. The van der Waals surface area contributed by atoms with Crippen LogP contribution in [-0.2, 0) is 0 Å². The average molecular weight is 310 g/mol. The van der Waals surface area contributed by atoms with E-state index < -0.39 is 0 Å². The van der Waals surface area contributed by atoms with Crippen molar-refractivity contribution < 1.29 is 9.84 Å². The summed E-state index contributed by atoms with van der Waals surface area (Å²) in [7, 11) is 0. The minimum Gasteiger partial charge on any atom is -0.491 e. The predicted molar refractivity (Wildman–Crippen MR) is 59.6 cm³/mol. The second kappa shape index (κ2) is 5.62. The van der Waals surface area contributed by atoms with Gasteiger partial charge in [-0.3, -0.25) is 0 Å². The maximum atomic E-state index is 8.61. The van der Waals surface area contributed by atoms with E-state index in [1.807, 2.05) is 24.3 Å². The van der Waals surface area contributed by atoms with Crippen LogP contribution in [-0.4, -0.2) is 18.3 Å². The monoisotopic (exact) mass is 308 g/mol. The van der Waals surface area contributed by atoms with Gasteiger partial charge in [0.05, 0.1) is 10.3 Å². The zero-order valence-corrected chi connectivity index (χ0v) is 10.1. The molecule has 0 amide bonds. The van der Waals surface area contributed by atoms with E-state index in [0.29, 0.717) is 6.61 Å². The molecule has 1 rings (SSSR count). The van der Waals surface area contributed by atoms with Crippen molar-refractivity contribution in [2.75, 3.05) is 13.2 Å². The molecule has 0 atom stereocenters. The van der Waals surface area contributed by atoms with Gasteiger partial charge in [-0.15, -0.1) is 0 Å². The van der Waals surface area contributed by atoms with Crippen LogP contribution in [0.1, 0.15) is 9.30 Å². The van der Waals surface area contributed by atoms with Crippen molar-refractivity contribution >= 4 is 31.9 Å². The maximum Gasteiger partial charge on any atom is 0.124 e. The van der Waals surface area contributed by atoms with E-state index in [-0.39, 0.29) is 10.3 Å². The number of hydrogen-bond donors (Lipinski definition) is 1. The Labute approximate surface area is 94.2 Å². The molecule has 1 aromatic rings. The minimum atomic E-state index is 0.0313. The van der Waals surface area contributed by atoms with E-state index in [0.717, 1.165) is 11.3 Å². The first-order valence-electron chi connectivity index (χ1n) is 3.86. The molecular weight excluding hydrogens is 300 g/mol. The number of rotatable bonds is 4. The smallest absolute Gasteiger partial charge is 0.124 e. The predicted octanol–water partition coefficient (Wildman–Crippen LogP) is 2.85. The van der Waals surface area contributed by atoms with Crippen molar-refractivity contribution in [1.82, 2.24) is 0 Å². The molecule has 0 aliphatic heterocycles. The maximum absolute atomic E-state index is 8.61. The first-order valence-corrected chi connectivity index (χ1v) is 5.69. The van der Waals surface area contributed by atoms with Gasteiger partial charge >= 0.3 is 0 Å². The van der Waals surface area contributed by atoms with Crippen molar-refractivity contribution in [3.05, 3.63) is 29.8 Å². The Hall–Kier alpha value is -0.0600. The molecule has 0 fully saturated rings. The van der Waals surface area contributed by atoms with E-state index in [4.69, 9.17) is 9.84 Å². The molecule has 4 heteroatoms. The number of hydrogen-bond acceptors (Lipinski definition) is 2. The molecule has 72 valence electrons. The molecule has 0 saturated heterocycles. The molecule has 0 aliphatic carbocycles. The van der Waals surface area contributed by atoms with Crippen LogP contribution in [0.5, 0.6) is 5.75 Å². The number of ether oxygens (including phenoxy) is 1. The topological polar surface area (TPSA) is 29.5 Å². The molecule has 0 saturated carbocycles. The summed E-state index contributed by atoms with van der Waals surface area (Å²) in [5.74, 6) is 0.787. The highest BCUT2D eigenvalue weighted by atomic mass is 79.9. The van der Waals surface area contributed by atoms with Gasteiger partial charge in [-0.05, 0) is 6.07 Å². The summed E-state index contributed by atoms with van der Waals surface area (Å²) in [6.07, 6.45) is 0. The lowest BCUT2D eigenvalue weighted by Gasteiger charge is -2.10. The lowest BCUT2D eigenvalue weighted by atomic mass is 10.2. The highest BCUT2D eigenvalue weighted by molar-refractivity contribution is 9.24. The Morgan fingerprint density at radius 1 is 1.31 bits per heavy atom. The average Bonchev–Trinajstić information content (AvgIpc) is 2.15. The van der Waals surface area contributed by atoms with Crippen molar-refractivity contribution in [3.8, 4) is 5.75 Å². The molecular formula is C9H10Br2O2. The first kappa shape index (κ1) is 11.0. The van der Waals surface area contributed by atoms with Crippen molar-refractivity contribution in [3.63, 3.8) is 0 Å². The fraction of sp³-hybridized carbons (Fsp3) is 0.333. The number of halogens is 2. The summed E-state index contributed by atoms with van der Waals surface area (Å²) in [5, 5.41) is 8.61. The zero-order chi connectivity index (χ0) is 9.68. The minimum absolute atomic E-state index is 0.0313. The van der Waals surface area contributed by atoms with Gasteiger partial charge in [0.15, 0.2) is 0 Å². The Morgan fingerprint density at radius 2 is 2.00 bits per heavy atom. The summed E-state index contributed by atoms with van der Waals surface area (Å²) in [4.78, 5) is 0. The molecule has 1 aromatic carbocycles. The lowest BCUT2D eigenvalue weighted by Crippen LogP contribution is -2.03. The fourth-order valence-corrected chi connectivity index (χ4v) is 1.70. The first-order chi connectivity index (χ1) is 6.25. The van der Waals surface area contributed by atoms with E-state index in [1.165, 1.54) is 0 Å². The third-order valence-electron chi connectivity index (χ3n) is 1.50. The largest absolute Gasteiger partial charge is 0.491 e. The van der Waals surface area contributed by atoms with Crippen LogP contribution in [0.25, 0.3) is 0 Å². The molecule has 0 aliphatic rings. The summed E-state index contributed by atoms with van der Waals surface area (Å²) in [6.45, 7) is 0.354. The second-order valence-corrected chi connectivity index (χ2v) is 5.47. The summed E-state index contributed by atoms with van der Waals surface area (Å²) in [6, 6.07) is 7.68. The third kappa shape index (κ3) is 3.29.